The zero-order valence-electron chi connectivity index (χ0n) is 26.5. The molecule has 2 aromatic heterocycles. The summed E-state index contributed by atoms with van der Waals surface area (Å²) in [6, 6.07) is 15.3. The van der Waals surface area contributed by atoms with E-state index in [4.69, 9.17) is 30.5 Å². The number of aliphatic imine (C=N–C) groups is 1. The van der Waals surface area contributed by atoms with Crippen LogP contribution >= 0.6 is 22.9 Å². The number of ether oxygens (including phenoxy) is 2. The second-order valence-corrected chi connectivity index (χ2v) is 13.8. The maximum Gasteiger partial charge on any atom is 0.255 e. The molecule has 1 aliphatic rings. The number of hydrogen-bond donors (Lipinski definition) is 1. The lowest BCUT2D eigenvalue weighted by molar-refractivity contribution is 0.0947. The maximum absolute atomic E-state index is 13.6. The Hall–Kier alpha value is -3.81. The van der Waals surface area contributed by atoms with E-state index in [1.165, 1.54) is 4.88 Å². The van der Waals surface area contributed by atoms with Crippen molar-refractivity contribution in [3.63, 3.8) is 0 Å². The number of furan rings is 1. The van der Waals surface area contributed by atoms with Gasteiger partial charge in [-0.25, -0.2) is 4.99 Å². The van der Waals surface area contributed by atoms with Gasteiger partial charge in [0.2, 0.25) is 0 Å². The van der Waals surface area contributed by atoms with Crippen molar-refractivity contribution in [1.82, 2.24) is 5.32 Å². The summed E-state index contributed by atoms with van der Waals surface area (Å²) in [5.74, 6) is 2.41. The Morgan fingerprint density at radius 2 is 2.00 bits per heavy atom. The van der Waals surface area contributed by atoms with Gasteiger partial charge >= 0.3 is 0 Å². The number of thiophene rings is 1. The third-order valence-corrected chi connectivity index (χ3v) is 9.71. The van der Waals surface area contributed by atoms with E-state index in [1.807, 2.05) is 67.7 Å². The second-order valence-electron chi connectivity index (χ2n) is 12.3. The van der Waals surface area contributed by atoms with Crippen LogP contribution < -0.4 is 14.8 Å². The van der Waals surface area contributed by atoms with Crippen molar-refractivity contribution in [2.75, 3.05) is 6.61 Å². The van der Waals surface area contributed by atoms with Crippen LogP contribution in [0.3, 0.4) is 0 Å². The van der Waals surface area contributed by atoms with Crippen molar-refractivity contribution in [3.8, 4) is 11.5 Å². The molecule has 0 fully saturated rings. The summed E-state index contributed by atoms with van der Waals surface area (Å²) < 4.78 is 17.8. The topological polar surface area (TPSA) is 73.1 Å². The van der Waals surface area contributed by atoms with Gasteiger partial charge in [-0.2, -0.15) is 0 Å². The number of nitrogens with one attached hydrogen (secondary N) is 1. The van der Waals surface area contributed by atoms with Crippen LogP contribution in [0.5, 0.6) is 11.5 Å². The van der Waals surface area contributed by atoms with Crippen molar-refractivity contribution in [1.29, 1.82) is 0 Å². The summed E-state index contributed by atoms with van der Waals surface area (Å²) in [5.41, 5.74) is 4.65. The molecule has 0 spiro atoms. The molecular weight excluding hydrogens is 604 g/mol. The fourth-order valence-electron chi connectivity index (χ4n) is 5.70. The minimum Gasteiger partial charge on any atom is -0.490 e. The number of benzene rings is 2. The highest BCUT2D eigenvalue weighted by atomic mass is 35.5. The number of halogens is 1. The quantitative estimate of drug-likeness (QED) is 0.123. The van der Waals surface area contributed by atoms with Crippen LogP contribution in [0.4, 0.5) is 5.00 Å². The third-order valence-electron chi connectivity index (χ3n) is 8.18. The van der Waals surface area contributed by atoms with Gasteiger partial charge < -0.3 is 19.2 Å². The highest BCUT2D eigenvalue weighted by Crippen LogP contribution is 2.45. The van der Waals surface area contributed by atoms with Crippen LogP contribution in [-0.4, -0.2) is 18.7 Å². The van der Waals surface area contributed by atoms with Crippen molar-refractivity contribution in [2.24, 2.45) is 16.3 Å². The van der Waals surface area contributed by atoms with E-state index in [0.29, 0.717) is 64.9 Å². The number of hydrogen-bond acceptors (Lipinski definition) is 6. The summed E-state index contributed by atoms with van der Waals surface area (Å²) in [6.07, 6.45) is 8.72. The van der Waals surface area contributed by atoms with Gasteiger partial charge in [-0.1, -0.05) is 56.6 Å². The average Bonchev–Trinajstić information content (AvgIpc) is 3.66. The number of amides is 1. The van der Waals surface area contributed by atoms with Gasteiger partial charge in [-0.05, 0) is 85.4 Å². The van der Waals surface area contributed by atoms with E-state index >= 15 is 0 Å². The molecule has 0 aliphatic heterocycles. The molecule has 1 amide bonds. The van der Waals surface area contributed by atoms with Crippen molar-refractivity contribution < 1.29 is 18.7 Å². The zero-order chi connectivity index (χ0) is 32.0. The third kappa shape index (κ3) is 7.89. The Kier molecular flexibility index (Phi) is 10.5. The monoisotopic (exact) mass is 644 g/mol. The molecule has 0 saturated carbocycles. The number of nitrogens with zero attached hydrogens (tertiary/aromatic N) is 1. The molecule has 236 valence electrons. The fourth-order valence-corrected chi connectivity index (χ4v) is 7.15. The number of carbonyl (C=O) groups is 1. The van der Waals surface area contributed by atoms with E-state index in [-0.39, 0.29) is 11.3 Å². The van der Waals surface area contributed by atoms with Crippen LogP contribution in [0.15, 0.2) is 76.9 Å². The van der Waals surface area contributed by atoms with Gasteiger partial charge in [0.05, 0.1) is 25.0 Å². The summed E-state index contributed by atoms with van der Waals surface area (Å²) in [7, 11) is 0. The van der Waals surface area contributed by atoms with Crippen LogP contribution in [-0.2, 0) is 32.4 Å². The molecule has 45 heavy (non-hydrogen) atoms. The predicted octanol–water partition coefficient (Wildman–Crippen LogP) is 9.53. The average molecular weight is 645 g/mol. The van der Waals surface area contributed by atoms with Gasteiger partial charge in [0, 0.05) is 27.2 Å². The Balaban J connectivity index is 1.48. The van der Waals surface area contributed by atoms with Gasteiger partial charge in [0.25, 0.3) is 5.91 Å². The lowest BCUT2D eigenvalue weighted by Gasteiger charge is -2.33. The highest BCUT2D eigenvalue weighted by Gasteiger charge is 2.33. The molecule has 0 saturated heterocycles. The van der Waals surface area contributed by atoms with Gasteiger partial charge in [-0.15, -0.1) is 17.9 Å². The predicted molar refractivity (Wildman–Crippen MR) is 184 cm³/mol. The molecule has 5 rings (SSSR count). The minimum atomic E-state index is -0.129. The molecule has 2 heterocycles. The maximum atomic E-state index is 13.6. The van der Waals surface area contributed by atoms with Crippen LogP contribution in [0.2, 0.25) is 5.02 Å². The summed E-state index contributed by atoms with van der Waals surface area (Å²) >= 11 is 8.01. The smallest absolute Gasteiger partial charge is 0.255 e. The van der Waals surface area contributed by atoms with Crippen molar-refractivity contribution in [3.05, 3.63) is 111 Å². The van der Waals surface area contributed by atoms with Crippen molar-refractivity contribution in [2.45, 2.75) is 66.5 Å². The fraction of sp³-hybridized carbons (Fsp3) is 0.351. The first-order valence-corrected chi connectivity index (χ1v) is 16.6. The van der Waals surface area contributed by atoms with E-state index < -0.39 is 0 Å². The summed E-state index contributed by atoms with van der Waals surface area (Å²) in [5, 5.41) is 4.42. The van der Waals surface area contributed by atoms with Crippen molar-refractivity contribution >= 4 is 40.1 Å². The lowest BCUT2D eigenvalue weighted by atomic mass is 9.72. The Bertz CT molecular complexity index is 1670. The number of carbonyl (C=O) groups excluding carboxylic acids is 1. The molecule has 0 bridgehead atoms. The lowest BCUT2D eigenvalue weighted by Crippen LogP contribution is -2.28. The molecule has 1 atom stereocenters. The van der Waals surface area contributed by atoms with Gasteiger partial charge in [-0.3, -0.25) is 4.79 Å². The van der Waals surface area contributed by atoms with E-state index in [9.17, 15) is 4.79 Å². The molecule has 1 N–H and O–H groups in total. The van der Waals surface area contributed by atoms with E-state index in [2.05, 4.69) is 32.7 Å². The summed E-state index contributed by atoms with van der Waals surface area (Å²) in [6.45, 7) is 13.9. The molecule has 0 unspecified atom stereocenters. The minimum absolute atomic E-state index is 0.129. The van der Waals surface area contributed by atoms with E-state index in [1.54, 1.807) is 17.6 Å². The molecule has 2 aromatic carbocycles. The highest BCUT2D eigenvalue weighted by molar-refractivity contribution is 7.16. The first-order valence-electron chi connectivity index (χ1n) is 15.4. The van der Waals surface area contributed by atoms with Crippen LogP contribution in [0, 0.1) is 11.3 Å². The Labute approximate surface area is 275 Å². The zero-order valence-corrected chi connectivity index (χ0v) is 28.0. The molecule has 0 radical (unpaired) electrons. The largest absolute Gasteiger partial charge is 0.490 e. The number of allylic oxidation sites excluding steroid dienone is 1. The standard InChI is InChI=1S/C37H41ClN2O4S/c1-6-11-25-18-24(19-31(42-7-2)34(25)44-23-26-12-8-9-14-30(26)38)21-40-36-33(35(41)39-22-28-13-10-17-43-28)29-16-15-27(37(3,4)5)20-32(29)45-36/h6,8-10,12-14,17-19,21,27H,1,7,11,15-16,20,22-23H2,2-5H3,(H,39,41)/t27-/m1/s1. The number of rotatable bonds is 12. The van der Waals surface area contributed by atoms with Crippen LogP contribution in [0.1, 0.15) is 77.4 Å². The SMILES string of the molecule is C=CCc1cc(C=Nc2sc3c(c2C(=O)NCc2ccco2)CC[C@@H](C(C)(C)C)C3)cc(OCC)c1OCc1ccccc1Cl. The van der Waals surface area contributed by atoms with E-state index in [0.717, 1.165) is 41.5 Å². The molecule has 8 heteroatoms. The van der Waals surface area contributed by atoms with Gasteiger partial charge in [0.15, 0.2) is 11.5 Å². The molecule has 1 aliphatic carbocycles. The van der Waals surface area contributed by atoms with Gasteiger partial charge in [0.1, 0.15) is 17.4 Å². The normalized spacial score (nSPS) is 14.7. The Morgan fingerprint density at radius 1 is 1.18 bits per heavy atom. The Morgan fingerprint density at radius 3 is 2.71 bits per heavy atom. The molecular formula is C37H41ClN2O4S. The first kappa shape index (κ1) is 32.6. The summed E-state index contributed by atoms with van der Waals surface area (Å²) in [4.78, 5) is 19.8. The second kappa shape index (κ2) is 14.5. The molecule has 6 nitrogen and oxygen atoms in total. The first-order chi connectivity index (χ1) is 21.7. The number of fused-ring (bicyclic) bond motifs is 1. The van der Waals surface area contributed by atoms with Crippen LogP contribution in [0.25, 0.3) is 0 Å². The molecule has 4 aromatic rings.